The molecule has 0 radical (unpaired) electrons. The van der Waals surface area contributed by atoms with Gasteiger partial charge in [-0.1, -0.05) is 35.5 Å². The van der Waals surface area contributed by atoms with Gasteiger partial charge in [-0.05, 0) is 49.8 Å². The van der Waals surface area contributed by atoms with Crippen molar-refractivity contribution in [1.82, 2.24) is 15.0 Å². The lowest BCUT2D eigenvalue weighted by atomic mass is 9.98. The number of rotatable bonds is 7. The smallest absolute Gasteiger partial charge is 0.277 e. The molecule has 7 heteroatoms. The van der Waals surface area contributed by atoms with Gasteiger partial charge < -0.3 is 14.7 Å². The van der Waals surface area contributed by atoms with Crippen molar-refractivity contribution in [3.05, 3.63) is 77.9 Å². The van der Waals surface area contributed by atoms with Crippen LogP contribution >= 0.6 is 0 Å². The van der Waals surface area contributed by atoms with Crippen LogP contribution in [0.5, 0.6) is 0 Å². The predicted octanol–water partition coefficient (Wildman–Crippen LogP) is 4.40. The number of amides is 2. The number of hydrogen-bond acceptors (Lipinski definition) is 5. The molecule has 1 aliphatic heterocycles. The summed E-state index contributed by atoms with van der Waals surface area (Å²) < 4.78 is 5.50. The van der Waals surface area contributed by atoms with Crippen LogP contribution in [-0.2, 0) is 11.2 Å². The number of anilines is 1. The van der Waals surface area contributed by atoms with Crippen molar-refractivity contribution < 1.29 is 14.1 Å². The molecule has 3 aromatic rings. The number of nitrogens with zero attached hydrogens (tertiary/aromatic N) is 3. The second-order valence-electron chi connectivity index (χ2n) is 7.74. The number of benzene rings is 1. The van der Waals surface area contributed by atoms with Gasteiger partial charge in [0.25, 0.3) is 5.91 Å². The van der Waals surface area contributed by atoms with Crippen molar-refractivity contribution in [2.24, 2.45) is 0 Å². The zero-order valence-corrected chi connectivity index (χ0v) is 17.4. The third kappa shape index (κ3) is 5.36. The molecule has 31 heavy (non-hydrogen) atoms. The van der Waals surface area contributed by atoms with Crippen molar-refractivity contribution in [2.45, 2.75) is 44.6 Å². The number of piperidine rings is 1. The summed E-state index contributed by atoms with van der Waals surface area (Å²) in [5.74, 6) is 0.341. The number of carbonyl (C=O) groups excluding carboxylic acids is 2. The number of nitrogens with one attached hydrogen (secondary N) is 1. The molecule has 1 unspecified atom stereocenters. The third-order valence-electron chi connectivity index (χ3n) is 5.55. The number of hydrogen-bond donors (Lipinski definition) is 1. The van der Waals surface area contributed by atoms with Crippen molar-refractivity contribution in [1.29, 1.82) is 0 Å². The van der Waals surface area contributed by atoms with Gasteiger partial charge in [0.05, 0.1) is 6.04 Å². The summed E-state index contributed by atoms with van der Waals surface area (Å²) in [7, 11) is 0. The van der Waals surface area contributed by atoms with Crippen LogP contribution in [0.4, 0.5) is 5.69 Å². The molecule has 4 rings (SSSR count). The molecular weight excluding hydrogens is 392 g/mol. The van der Waals surface area contributed by atoms with E-state index in [2.05, 4.69) is 27.6 Å². The second-order valence-corrected chi connectivity index (χ2v) is 7.74. The summed E-state index contributed by atoms with van der Waals surface area (Å²) in [5.41, 5.74) is 2.08. The van der Waals surface area contributed by atoms with Gasteiger partial charge in [0, 0.05) is 37.1 Å². The third-order valence-corrected chi connectivity index (χ3v) is 5.55. The quantitative estimate of drug-likeness (QED) is 0.614. The Morgan fingerprint density at radius 3 is 2.71 bits per heavy atom. The average molecular weight is 418 g/mol. The Morgan fingerprint density at radius 2 is 1.90 bits per heavy atom. The highest BCUT2D eigenvalue weighted by Gasteiger charge is 2.31. The molecule has 7 nitrogen and oxygen atoms in total. The van der Waals surface area contributed by atoms with Crippen LogP contribution in [0.15, 0.2) is 65.4 Å². The molecule has 2 aromatic heterocycles. The largest absolute Gasteiger partial charge is 0.358 e. The molecule has 1 aromatic carbocycles. The summed E-state index contributed by atoms with van der Waals surface area (Å²) in [4.78, 5) is 31.2. The monoisotopic (exact) mass is 418 g/mol. The average Bonchev–Trinajstić information content (AvgIpc) is 3.31. The fourth-order valence-electron chi connectivity index (χ4n) is 3.94. The number of carbonyl (C=O) groups is 2. The molecule has 3 heterocycles. The second kappa shape index (κ2) is 10.0. The van der Waals surface area contributed by atoms with Gasteiger partial charge in [0.15, 0.2) is 11.5 Å². The molecule has 0 spiro atoms. The Balaban J connectivity index is 1.38. The van der Waals surface area contributed by atoms with E-state index in [1.54, 1.807) is 30.6 Å². The molecule has 0 bridgehead atoms. The Hall–Kier alpha value is -3.48. The molecule has 1 aliphatic rings. The maximum atomic E-state index is 12.9. The minimum absolute atomic E-state index is 0.125. The van der Waals surface area contributed by atoms with Crippen LogP contribution in [0.2, 0.25) is 0 Å². The summed E-state index contributed by atoms with van der Waals surface area (Å²) in [5, 5.41) is 6.71. The molecule has 160 valence electrons. The predicted molar refractivity (Wildman–Crippen MR) is 116 cm³/mol. The summed E-state index contributed by atoms with van der Waals surface area (Å²) >= 11 is 0. The lowest BCUT2D eigenvalue weighted by Crippen LogP contribution is -2.38. The van der Waals surface area contributed by atoms with Gasteiger partial charge in [-0.3, -0.25) is 14.6 Å². The van der Waals surface area contributed by atoms with Crippen LogP contribution in [0.25, 0.3) is 0 Å². The Bertz CT molecular complexity index is 1000. The van der Waals surface area contributed by atoms with Gasteiger partial charge in [-0.15, -0.1) is 0 Å². The fraction of sp³-hybridized carbons (Fsp3) is 0.333. The SMILES string of the molecule is O=C(Nc1ccncc1)c1cc(C2CCCCN2C(=O)CCCc2ccccc2)on1. The first-order valence-corrected chi connectivity index (χ1v) is 10.7. The van der Waals surface area contributed by atoms with Crippen molar-refractivity contribution >= 4 is 17.5 Å². The normalized spacial score (nSPS) is 16.1. The standard InChI is InChI=1S/C24H26N4O3/c29-23(11-6-9-18-7-2-1-3-8-18)28-16-5-4-10-21(28)22-17-20(27-31-22)24(30)26-19-12-14-25-15-13-19/h1-3,7-8,12-15,17,21H,4-6,9-11,16H2,(H,25,26,30). The van der Waals surface area contributed by atoms with Crippen LogP contribution < -0.4 is 5.32 Å². The topological polar surface area (TPSA) is 88.3 Å². The van der Waals surface area contributed by atoms with Crippen molar-refractivity contribution in [3.63, 3.8) is 0 Å². The summed E-state index contributed by atoms with van der Waals surface area (Å²) in [6, 6.07) is 15.1. The Labute approximate surface area is 181 Å². The van der Waals surface area contributed by atoms with E-state index in [0.717, 1.165) is 32.1 Å². The first kappa shape index (κ1) is 20.8. The summed E-state index contributed by atoms with van der Waals surface area (Å²) in [6.07, 6.45) is 8.19. The zero-order valence-electron chi connectivity index (χ0n) is 17.4. The maximum Gasteiger partial charge on any atom is 0.277 e. The lowest BCUT2D eigenvalue weighted by molar-refractivity contribution is -0.135. The highest BCUT2D eigenvalue weighted by atomic mass is 16.5. The Kier molecular flexibility index (Phi) is 6.72. The zero-order chi connectivity index (χ0) is 21.5. The van der Waals surface area contributed by atoms with E-state index < -0.39 is 0 Å². The maximum absolute atomic E-state index is 12.9. The van der Waals surface area contributed by atoms with Gasteiger partial charge in [-0.2, -0.15) is 0 Å². The Morgan fingerprint density at radius 1 is 1.10 bits per heavy atom. The minimum Gasteiger partial charge on any atom is -0.358 e. The van der Waals surface area contributed by atoms with Gasteiger partial charge in [0.1, 0.15) is 0 Å². The van der Waals surface area contributed by atoms with Gasteiger partial charge >= 0.3 is 0 Å². The molecule has 0 saturated carbocycles. The highest BCUT2D eigenvalue weighted by Crippen LogP contribution is 2.32. The first-order valence-electron chi connectivity index (χ1n) is 10.7. The van der Waals surface area contributed by atoms with E-state index in [9.17, 15) is 9.59 Å². The summed E-state index contributed by atoms with van der Waals surface area (Å²) in [6.45, 7) is 0.702. The van der Waals surface area contributed by atoms with Gasteiger partial charge in [-0.25, -0.2) is 0 Å². The number of pyridine rings is 1. The first-order chi connectivity index (χ1) is 15.2. The number of aromatic nitrogens is 2. The number of likely N-dealkylation sites (tertiary alicyclic amines) is 1. The van der Waals surface area contributed by atoms with Crippen LogP contribution in [0, 0.1) is 0 Å². The number of aryl methyl sites for hydroxylation is 1. The van der Waals surface area contributed by atoms with Crippen LogP contribution in [0.1, 0.15) is 60.0 Å². The van der Waals surface area contributed by atoms with Crippen LogP contribution in [0.3, 0.4) is 0 Å². The molecule has 1 N–H and O–H groups in total. The van der Waals surface area contributed by atoms with E-state index >= 15 is 0 Å². The molecule has 1 saturated heterocycles. The van der Waals surface area contributed by atoms with E-state index in [1.807, 2.05) is 23.1 Å². The molecular formula is C24H26N4O3. The highest BCUT2D eigenvalue weighted by molar-refractivity contribution is 6.02. The molecule has 1 atom stereocenters. The molecule has 1 fully saturated rings. The van der Waals surface area contributed by atoms with E-state index in [1.165, 1.54) is 5.56 Å². The van der Waals surface area contributed by atoms with Crippen LogP contribution in [-0.4, -0.2) is 33.4 Å². The minimum atomic E-state index is -0.349. The molecule has 0 aliphatic carbocycles. The molecule has 2 amide bonds. The van der Waals surface area contributed by atoms with E-state index in [4.69, 9.17) is 4.52 Å². The fourth-order valence-corrected chi connectivity index (χ4v) is 3.94. The van der Waals surface area contributed by atoms with E-state index in [-0.39, 0.29) is 23.6 Å². The van der Waals surface area contributed by atoms with Gasteiger partial charge in [0.2, 0.25) is 5.91 Å². The lowest BCUT2D eigenvalue weighted by Gasteiger charge is -2.34. The van der Waals surface area contributed by atoms with Crippen molar-refractivity contribution in [2.75, 3.05) is 11.9 Å². The van der Waals surface area contributed by atoms with E-state index in [0.29, 0.717) is 24.4 Å². The van der Waals surface area contributed by atoms with Crippen molar-refractivity contribution in [3.8, 4) is 0 Å².